The molecule has 0 saturated heterocycles. The molecule has 0 N–H and O–H groups in total. The van der Waals surface area contributed by atoms with E-state index in [0.717, 1.165) is 18.4 Å². The van der Waals surface area contributed by atoms with Crippen LogP contribution in [0.5, 0.6) is 5.75 Å². The van der Waals surface area contributed by atoms with E-state index < -0.39 is 12.1 Å². The molecule has 0 saturated carbocycles. The molecule has 0 fully saturated rings. The molecule has 0 bridgehead atoms. The molecule has 0 spiro atoms. The lowest BCUT2D eigenvalue weighted by molar-refractivity contribution is -0.350. The molecule has 0 heterocycles. The van der Waals surface area contributed by atoms with Crippen LogP contribution in [0.15, 0.2) is 12.1 Å². The molecular weight excluding hydrogens is 560 g/mol. The van der Waals surface area contributed by atoms with Crippen molar-refractivity contribution >= 4 is 51.2 Å². The van der Waals surface area contributed by atoms with Gasteiger partial charge in [0.2, 0.25) is 0 Å². The second kappa shape index (κ2) is 11.5. The summed E-state index contributed by atoms with van der Waals surface area (Å²) in [5, 5.41) is 10.4. The van der Waals surface area contributed by atoms with Crippen LogP contribution in [0, 0.1) is 7.14 Å². The molecular formula is C17H21F2I2O4-. The quantitative estimate of drug-likeness (QED) is 0.270. The van der Waals surface area contributed by atoms with Gasteiger partial charge in [0, 0.05) is 6.61 Å². The number of carboxylic acid groups (broad SMARTS) is 1. The van der Waals surface area contributed by atoms with Crippen molar-refractivity contribution < 1.29 is 28.2 Å². The van der Waals surface area contributed by atoms with Crippen LogP contribution in [0.25, 0.3) is 0 Å². The number of carbonyl (C=O) groups is 1. The van der Waals surface area contributed by atoms with Crippen molar-refractivity contribution in [1.29, 1.82) is 0 Å². The van der Waals surface area contributed by atoms with E-state index in [1.807, 2.05) is 45.2 Å². The summed E-state index contributed by atoms with van der Waals surface area (Å²) >= 11 is 3.66. The Morgan fingerprint density at radius 1 is 1.12 bits per heavy atom. The minimum absolute atomic E-state index is 0.171. The molecule has 1 aromatic rings. The number of benzene rings is 1. The van der Waals surface area contributed by atoms with Gasteiger partial charge in [0.05, 0.1) is 13.7 Å². The number of aliphatic carboxylic acids is 1. The van der Waals surface area contributed by atoms with Crippen molar-refractivity contribution in [3.05, 3.63) is 24.8 Å². The normalized spacial score (nSPS) is 11.6. The SMILES string of the molecule is CCCCCCCCOCc1cc(I)c(OC(F)(F)C(=O)[O-])c(I)c1. The predicted octanol–water partition coefficient (Wildman–Crippen LogP) is 4.49. The van der Waals surface area contributed by atoms with Gasteiger partial charge in [-0.25, -0.2) is 0 Å². The molecule has 142 valence electrons. The second-order valence-electron chi connectivity index (χ2n) is 5.62. The number of carbonyl (C=O) groups excluding carboxylic acids is 1. The van der Waals surface area contributed by atoms with Gasteiger partial charge in [-0.15, -0.1) is 0 Å². The summed E-state index contributed by atoms with van der Waals surface area (Å²) < 4.78 is 37.1. The molecule has 0 unspecified atom stereocenters. The summed E-state index contributed by atoms with van der Waals surface area (Å²) in [5.41, 5.74) is 0.823. The Labute approximate surface area is 173 Å². The maximum atomic E-state index is 13.2. The van der Waals surface area contributed by atoms with Gasteiger partial charge in [0.1, 0.15) is 0 Å². The van der Waals surface area contributed by atoms with Crippen molar-refractivity contribution in [2.45, 2.75) is 58.2 Å². The minimum Gasteiger partial charge on any atom is -0.541 e. The van der Waals surface area contributed by atoms with Crippen LogP contribution in [-0.4, -0.2) is 18.7 Å². The zero-order valence-electron chi connectivity index (χ0n) is 14.0. The summed E-state index contributed by atoms with van der Waals surface area (Å²) in [6.07, 6.45) is 2.73. The molecule has 25 heavy (non-hydrogen) atoms. The van der Waals surface area contributed by atoms with Gasteiger partial charge in [-0.2, -0.15) is 8.78 Å². The van der Waals surface area contributed by atoms with E-state index in [1.165, 1.54) is 25.7 Å². The van der Waals surface area contributed by atoms with E-state index in [-0.39, 0.29) is 5.75 Å². The van der Waals surface area contributed by atoms with Crippen LogP contribution >= 0.6 is 45.2 Å². The number of alkyl halides is 2. The maximum Gasteiger partial charge on any atom is 0.441 e. The molecule has 0 aliphatic rings. The number of hydrogen-bond acceptors (Lipinski definition) is 4. The van der Waals surface area contributed by atoms with E-state index in [0.29, 0.717) is 20.4 Å². The average molecular weight is 581 g/mol. The summed E-state index contributed by atoms with van der Waals surface area (Å²) in [4.78, 5) is 10.4. The average Bonchev–Trinajstić information content (AvgIpc) is 2.53. The van der Waals surface area contributed by atoms with Gasteiger partial charge in [0.25, 0.3) is 0 Å². The van der Waals surface area contributed by atoms with Crippen molar-refractivity contribution in [2.24, 2.45) is 0 Å². The Bertz CT molecular complexity index is 545. The third-order valence-corrected chi connectivity index (χ3v) is 5.04. The lowest BCUT2D eigenvalue weighted by atomic mass is 10.1. The van der Waals surface area contributed by atoms with Gasteiger partial charge in [0.15, 0.2) is 11.7 Å². The summed E-state index contributed by atoms with van der Waals surface area (Å²) in [6.45, 7) is 3.21. The fourth-order valence-electron chi connectivity index (χ4n) is 2.14. The molecule has 0 aliphatic carbocycles. The zero-order chi connectivity index (χ0) is 18.9. The number of carboxylic acids is 1. The summed E-state index contributed by atoms with van der Waals surface area (Å²) in [7, 11) is 0. The third kappa shape index (κ3) is 8.33. The lowest BCUT2D eigenvalue weighted by Gasteiger charge is -2.20. The van der Waals surface area contributed by atoms with E-state index in [4.69, 9.17) is 4.74 Å². The molecule has 1 aromatic carbocycles. The largest absolute Gasteiger partial charge is 0.541 e. The van der Waals surface area contributed by atoms with Crippen molar-refractivity contribution in [3.63, 3.8) is 0 Å². The third-order valence-electron chi connectivity index (χ3n) is 3.44. The molecule has 0 aromatic heterocycles. The summed E-state index contributed by atoms with van der Waals surface area (Å²) in [6, 6.07) is 3.29. The molecule has 0 radical (unpaired) electrons. The first kappa shape index (κ1) is 22.8. The highest BCUT2D eigenvalue weighted by atomic mass is 127. The number of ether oxygens (including phenoxy) is 2. The lowest BCUT2D eigenvalue weighted by Crippen LogP contribution is -2.46. The highest BCUT2D eigenvalue weighted by molar-refractivity contribution is 14.1. The monoisotopic (exact) mass is 581 g/mol. The molecule has 1 rings (SSSR count). The fraction of sp³-hybridized carbons (Fsp3) is 0.588. The Morgan fingerprint density at radius 3 is 2.24 bits per heavy atom. The van der Waals surface area contributed by atoms with E-state index in [2.05, 4.69) is 11.7 Å². The standard InChI is InChI=1S/C17H22F2I2O4/c1-2-3-4-5-6-7-8-24-11-12-9-13(20)15(14(21)10-12)25-17(18,19)16(22)23/h9-10H,2-8,11H2,1H3,(H,22,23)/p-1. The topological polar surface area (TPSA) is 58.6 Å². The van der Waals surface area contributed by atoms with Gasteiger partial charge in [-0.3, -0.25) is 0 Å². The second-order valence-corrected chi connectivity index (χ2v) is 7.94. The first-order chi connectivity index (χ1) is 11.8. The number of unbranched alkanes of at least 4 members (excludes halogenated alkanes) is 5. The Balaban J connectivity index is 2.49. The summed E-state index contributed by atoms with van der Waals surface area (Å²) in [5.74, 6) is -2.74. The van der Waals surface area contributed by atoms with Crippen LogP contribution in [0.2, 0.25) is 0 Å². The van der Waals surface area contributed by atoms with Gasteiger partial charge < -0.3 is 19.4 Å². The highest BCUT2D eigenvalue weighted by Gasteiger charge is 2.35. The van der Waals surface area contributed by atoms with Crippen molar-refractivity contribution in [3.8, 4) is 5.75 Å². The number of halogens is 4. The van der Waals surface area contributed by atoms with Crippen LogP contribution in [0.1, 0.15) is 51.0 Å². The van der Waals surface area contributed by atoms with Gasteiger partial charge >= 0.3 is 6.11 Å². The van der Waals surface area contributed by atoms with E-state index in [1.54, 1.807) is 12.1 Å². The first-order valence-electron chi connectivity index (χ1n) is 8.12. The number of rotatable bonds is 12. The number of hydrogen-bond donors (Lipinski definition) is 0. The smallest absolute Gasteiger partial charge is 0.441 e. The Hall–Kier alpha value is -0.230. The first-order valence-corrected chi connectivity index (χ1v) is 10.3. The Kier molecular flexibility index (Phi) is 10.5. The fourth-order valence-corrected chi connectivity index (χ4v) is 4.25. The molecule has 0 amide bonds. The van der Waals surface area contributed by atoms with E-state index >= 15 is 0 Å². The molecule has 0 aliphatic heterocycles. The van der Waals surface area contributed by atoms with Crippen LogP contribution in [-0.2, 0) is 16.1 Å². The van der Waals surface area contributed by atoms with Crippen molar-refractivity contribution in [2.75, 3.05) is 6.61 Å². The van der Waals surface area contributed by atoms with Crippen LogP contribution in [0.3, 0.4) is 0 Å². The molecule has 8 heteroatoms. The minimum atomic E-state index is -4.37. The molecule has 0 atom stereocenters. The highest BCUT2D eigenvalue weighted by Crippen LogP contribution is 2.33. The van der Waals surface area contributed by atoms with Crippen molar-refractivity contribution in [1.82, 2.24) is 0 Å². The zero-order valence-corrected chi connectivity index (χ0v) is 18.3. The van der Waals surface area contributed by atoms with Gasteiger partial charge in [-0.05, 0) is 69.3 Å². The predicted molar refractivity (Wildman–Crippen MR) is 105 cm³/mol. The molecule has 4 nitrogen and oxygen atoms in total. The van der Waals surface area contributed by atoms with E-state index in [9.17, 15) is 18.7 Å². The van der Waals surface area contributed by atoms with Crippen LogP contribution in [0.4, 0.5) is 8.78 Å². The van der Waals surface area contributed by atoms with Crippen LogP contribution < -0.4 is 9.84 Å². The van der Waals surface area contributed by atoms with Gasteiger partial charge in [-0.1, -0.05) is 39.0 Å². The Morgan fingerprint density at radius 2 is 1.68 bits per heavy atom. The maximum absolute atomic E-state index is 13.2.